The van der Waals surface area contributed by atoms with Gasteiger partial charge in [-0.25, -0.2) is 4.79 Å². The number of carboxylic acid groups (broad SMARTS) is 1. The van der Waals surface area contributed by atoms with Crippen LogP contribution in [0.25, 0.3) is 11.6 Å². The van der Waals surface area contributed by atoms with E-state index in [1.807, 2.05) is 19.1 Å². The number of aryl methyl sites for hydroxylation is 1. The molecule has 0 fully saturated rings. The summed E-state index contributed by atoms with van der Waals surface area (Å²) >= 11 is 0. The molecular formula is C16H15NO3. The zero-order chi connectivity index (χ0) is 14.5. The molecule has 0 aliphatic heterocycles. The van der Waals surface area contributed by atoms with E-state index in [1.165, 1.54) is 0 Å². The van der Waals surface area contributed by atoms with Crippen LogP contribution in [-0.2, 0) is 4.79 Å². The standard InChI is InChI=1S/C16H15NO3/c1-11-4-3-5-13(17-11)10-15(16(18)19)12-6-8-14(20-2)9-7-12/h3-10H,1-2H3,(H,18,19)/b15-10-. The lowest BCUT2D eigenvalue weighted by Gasteiger charge is -2.05. The van der Waals surface area contributed by atoms with Crippen LogP contribution in [0.3, 0.4) is 0 Å². The SMILES string of the molecule is COc1ccc(/C(=C/c2cccc(C)n2)C(=O)O)cc1. The minimum absolute atomic E-state index is 0.200. The summed E-state index contributed by atoms with van der Waals surface area (Å²) in [5.41, 5.74) is 2.28. The van der Waals surface area contributed by atoms with Gasteiger partial charge < -0.3 is 9.84 Å². The Hall–Kier alpha value is -2.62. The summed E-state index contributed by atoms with van der Waals surface area (Å²) < 4.78 is 5.06. The van der Waals surface area contributed by atoms with Gasteiger partial charge in [-0.15, -0.1) is 0 Å². The molecule has 1 heterocycles. The number of methoxy groups -OCH3 is 1. The fraction of sp³-hybridized carbons (Fsp3) is 0.125. The number of nitrogens with zero attached hydrogens (tertiary/aromatic N) is 1. The summed E-state index contributed by atoms with van der Waals surface area (Å²) in [4.78, 5) is 15.7. The number of carboxylic acids is 1. The maximum absolute atomic E-state index is 11.4. The summed E-state index contributed by atoms with van der Waals surface area (Å²) in [7, 11) is 1.57. The first kappa shape index (κ1) is 13.8. The van der Waals surface area contributed by atoms with Gasteiger partial charge in [-0.05, 0) is 42.8 Å². The van der Waals surface area contributed by atoms with Gasteiger partial charge in [0, 0.05) is 5.69 Å². The Morgan fingerprint density at radius 2 is 1.90 bits per heavy atom. The van der Waals surface area contributed by atoms with E-state index in [0.717, 1.165) is 5.69 Å². The highest BCUT2D eigenvalue weighted by Crippen LogP contribution is 2.21. The highest BCUT2D eigenvalue weighted by Gasteiger charge is 2.11. The van der Waals surface area contributed by atoms with E-state index < -0.39 is 5.97 Å². The van der Waals surface area contributed by atoms with E-state index in [-0.39, 0.29) is 5.57 Å². The van der Waals surface area contributed by atoms with Crippen molar-refractivity contribution in [2.24, 2.45) is 0 Å². The van der Waals surface area contributed by atoms with Crippen molar-refractivity contribution in [1.29, 1.82) is 0 Å². The van der Waals surface area contributed by atoms with Crippen LogP contribution in [0.15, 0.2) is 42.5 Å². The number of carbonyl (C=O) groups is 1. The van der Waals surface area contributed by atoms with E-state index in [0.29, 0.717) is 17.0 Å². The Labute approximate surface area is 117 Å². The predicted molar refractivity (Wildman–Crippen MR) is 77.5 cm³/mol. The second-order valence-corrected chi connectivity index (χ2v) is 4.30. The first-order chi connectivity index (χ1) is 9.60. The Bertz CT molecular complexity index is 645. The Morgan fingerprint density at radius 1 is 1.20 bits per heavy atom. The summed E-state index contributed by atoms with van der Waals surface area (Å²) in [6, 6.07) is 12.4. The molecule has 0 atom stereocenters. The summed E-state index contributed by atoms with van der Waals surface area (Å²) in [6.07, 6.45) is 1.57. The highest BCUT2D eigenvalue weighted by molar-refractivity contribution is 6.20. The quantitative estimate of drug-likeness (QED) is 0.867. The van der Waals surface area contributed by atoms with Crippen LogP contribution in [0, 0.1) is 6.92 Å². The molecule has 0 bridgehead atoms. The normalized spacial score (nSPS) is 11.2. The van der Waals surface area contributed by atoms with Crippen molar-refractivity contribution in [3.63, 3.8) is 0 Å². The van der Waals surface area contributed by atoms with Crippen molar-refractivity contribution < 1.29 is 14.6 Å². The van der Waals surface area contributed by atoms with Gasteiger partial charge in [-0.1, -0.05) is 18.2 Å². The second-order valence-electron chi connectivity index (χ2n) is 4.30. The molecule has 0 radical (unpaired) electrons. The van der Waals surface area contributed by atoms with Crippen LogP contribution in [0.5, 0.6) is 5.75 Å². The maximum Gasteiger partial charge on any atom is 0.336 e. The molecular weight excluding hydrogens is 254 g/mol. The second kappa shape index (κ2) is 6.02. The zero-order valence-corrected chi connectivity index (χ0v) is 11.3. The monoisotopic (exact) mass is 269 g/mol. The number of aromatic nitrogens is 1. The van der Waals surface area contributed by atoms with Gasteiger partial charge in [0.1, 0.15) is 5.75 Å². The maximum atomic E-state index is 11.4. The molecule has 1 aromatic carbocycles. The molecule has 1 aromatic heterocycles. The first-order valence-corrected chi connectivity index (χ1v) is 6.13. The van der Waals surface area contributed by atoms with Crippen LogP contribution in [0.2, 0.25) is 0 Å². The van der Waals surface area contributed by atoms with Crippen LogP contribution >= 0.6 is 0 Å². The lowest BCUT2D eigenvalue weighted by molar-refractivity contribution is -0.130. The van der Waals surface area contributed by atoms with Crippen molar-refractivity contribution in [3.05, 3.63) is 59.4 Å². The van der Waals surface area contributed by atoms with Crippen molar-refractivity contribution in [2.75, 3.05) is 7.11 Å². The minimum Gasteiger partial charge on any atom is -0.497 e. The topological polar surface area (TPSA) is 59.4 Å². The first-order valence-electron chi connectivity index (χ1n) is 6.13. The number of aliphatic carboxylic acids is 1. The lowest BCUT2D eigenvalue weighted by atomic mass is 10.0. The fourth-order valence-electron chi connectivity index (χ4n) is 1.83. The van der Waals surface area contributed by atoms with Crippen molar-refractivity contribution >= 4 is 17.6 Å². The van der Waals surface area contributed by atoms with Gasteiger partial charge in [-0.3, -0.25) is 4.98 Å². The number of ether oxygens (including phenoxy) is 1. The van der Waals surface area contributed by atoms with E-state index in [1.54, 1.807) is 43.5 Å². The smallest absolute Gasteiger partial charge is 0.336 e. The molecule has 0 spiro atoms. The van der Waals surface area contributed by atoms with Gasteiger partial charge in [0.15, 0.2) is 0 Å². The molecule has 0 unspecified atom stereocenters. The Kier molecular flexibility index (Phi) is 4.15. The van der Waals surface area contributed by atoms with Gasteiger partial charge in [0.05, 0.1) is 18.4 Å². The molecule has 1 N–H and O–H groups in total. The molecule has 0 amide bonds. The lowest BCUT2D eigenvalue weighted by Crippen LogP contribution is -2.00. The average Bonchev–Trinajstić information content (AvgIpc) is 2.45. The van der Waals surface area contributed by atoms with E-state index in [4.69, 9.17) is 4.74 Å². The molecule has 2 rings (SSSR count). The molecule has 0 saturated carbocycles. The number of hydrogen-bond acceptors (Lipinski definition) is 3. The largest absolute Gasteiger partial charge is 0.497 e. The van der Waals surface area contributed by atoms with Gasteiger partial charge >= 0.3 is 5.97 Å². The van der Waals surface area contributed by atoms with Gasteiger partial charge in [0.25, 0.3) is 0 Å². The number of pyridine rings is 1. The summed E-state index contributed by atoms with van der Waals surface area (Å²) in [5, 5.41) is 9.36. The molecule has 2 aromatic rings. The molecule has 0 aliphatic rings. The fourth-order valence-corrected chi connectivity index (χ4v) is 1.83. The minimum atomic E-state index is -0.988. The Balaban J connectivity index is 2.42. The zero-order valence-electron chi connectivity index (χ0n) is 11.3. The highest BCUT2D eigenvalue weighted by atomic mass is 16.5. The average molecular weight is 269 g/mol. The summed E-state index contributed by atoms with van der Waals surface area (Å²) in [5.74, 6) is -0.300. The summed E-state index contributed by atoms with van der Waals surface area (Å²) in [6.45, 7) is 1.87. The third kappa shape index (κ3) is 3.23. The molecule has 0 saturated heterocycles. The van der Waals surface area contributed by atoms with Crippen LogP contribution in [-0.4, -0.2) is 23.2 Å². The van der Waals surface area contributed by atoms with Gasteiger partial charge in [-0.2, -0.15) is 0 Å². The van der Waals surface area contributed by atoms with Crippen LogP contribution < -0.4 is 4.74 Å². The molecule has 4 heteroatoms. The molecule has 4 nitrogen and oxygen atoms in total. The van der Waals surface area contributed by atoms with E-state index in [2.05, 4.69) is 4.98 Å². The van der Waals surface area contributed by atoms with Crippen molar-refractivity contribution in [2.45, 2.75) is 6.92 Å². The van der Waals surface area contributed by atoms with Crippen molar-refractivity contribution in [3.8, 4) is 5.75 Å². The Morgan fingerprint density at radius 3 is 2.45 bits per heavy atom. The predicted octanol–water partition coefficient (Wildman–Crippen LogP) is 3.02. The van der Waals surface area contributed by atoms with Crippen LogP contribution in [0.1, 0.15) is 17.0 Å². The third-order valence-electron chi connectivity index (χ3n) is 2.83. The van der Waals surface area contributed by atoms with E-state index in [9.17, 15) is 9.90 Å². The van der Waals surface area contributed by atoms with E-state index >= 15 is 0 Å². The van der Waals surface area contributed by atoms with Gasteiger partial charge in [0.2, 0.25) is 0 Å². The number of benzene rings is 1. The number of hydrogen-bond donors (Lipinski definition) is 1. The van der Waals surface area contributed by atoms with Crippen molar-refractivity contribution in [1.82, 2.24) is 4.98 Å². The molecule has 102 valence electrons. The molecule has 0 aliphatic carbocycles. The number of rotatable bonds is 4. The molecule has 20 heavy (non-hydrogen) atoms. The third-order valence-corrected chi connectivity index (χ3v) is 2.83. The van der Waals surface area contributed by atoms with Crippen LogP contribution in [0.4, 0.5) is 0 Å².